The van der Waals surface area contributed by atoms with Crippen LogP contribution in [0.25, 0.3) is 11.0 Å². The highest BCUT2D eigenvalue weighted by molar-refractivity contribution is 5.80. The Labute approximate surface area is 151 Å². The van der Waals surface area contributed by atoms with Gasteiger partial charge in [-0.25, -0.2) is 9.78 Å². The molecule has 140 valence electrons. The molecule has 1 fully saturated rings. The zero-order chi connectivity index (χ0) is 19.1. The second kappa shape index (κ2) is 6.47. The zero-order valence-electron chi connectivity index (χ0n) is 15.4. The lowest BCUT2D eigenvalue weighted by Gasteiger charge is -2.40. The summed E-state index contributed by atoms with van der Waals surface area (Å²) in [6.07, 6.45) is -0.315. The van der Waals surface area contributed by atoms with E-state index in [1.54, 1.807) is 11.0 Å². The standard InChI is InChI=1S/C17H23N5O4/c1-11-10-20(7-8-21(11)16(23)26-17(2,3)4)15-18-13-6-5-12(22(24)25)9-14(13)19-15/h5-6,9,11H,7-8,10H2,1-4H3,(H,18,19)/t11-/m1/s1. The van der Waals surface area contributed by atoms with E-state index in [-0.39, 0.29) is 17.8 Å². The van der Waals surface area contributed by atoms with Gasteiger partial charge in [-0.1, -0.05) is 0 Å². The first kappa shape index (κ1) is 18.0. The maximum absolute atomic E-state index is 12.3. The van der Waals surface area contributed by atoms with Crippen molar-refractivity contribution >= 4 is 28.8 Å². The van der Waals surface area contributed by atoms with Crippen molar-refractivity contribution < 1.29 is 14.5 Å². The number of carbonyl (C=O) groups is 1. The van der Waals surface area contributed by atoms with Crippen molar-refractivity contribution in [1.29, 1.82) is 0 Å². The molecule has 0 spiro atoms. The average Bonchev–Trinajstić information content (AvgIpc) is 2.95. The highest BCUT2D eigenvalue weighted by atomic mass is 16.6. The number of carbonyl (C=O) groups excluding carboxylic acids is 1. The van der Waals surface area contributed by atoms with Crippen LogP contribution in [0.3, 0.4) is 0 Å². The number of nitro groups is 1. The number of aromatic amines is 1. The summed E-state index contributed by atoms with van der Waals surface area (Å²) in [4.78, 5) is 34.2. The number of nitrogens with one attached hydrogen (secondary N) is 1. The summed E-state index contributed by atoms with van der Waals surface area (Å²) in [5, 5.41) is 10.9. The Morgan fingerprint density at radius 2 is 2.12 bits per heavy atom. The molecule has 0 aliphatic carbocycles. The minimum Gasteiger partial charge on any atom is -0.444 e. The molecule has 1 aliphatic heterocycles. The lowest BCUT2D eigenvalue weighted by Crippen LogP contribution is -2.55. The third kappa shape index (κ3) is 3.71. The number of aromatic nitrogens is 2. The number of nitro benzene ring substituents is 1. The molecule has 0 saturated carbocycles. The molecule has 1 atom stereocenters. The van der Waals surface area contributed by atoms with Crippen molar-refractivity contribution in [2.24, 2.45) is 0 Å². The van der Waals surface area contributed by atoms with Gasteiger partial charge in [0.2, 0.25) is 5.95 Å². The molecule has 1 N–H and O–H groups in total. The van der Waals surface area contributed by atoms with Gasteiger partial charge in [0.15, 0.2) is 0 Å². The van der Waals surface area contributed by atoms with Gasteiger partial charge in [-0.15, -0.1) is 0 Å². The number of fused-ring (bicyclic) bond motifs is 1. The Hall–Kier alpha value is -2.84. The molecule has 1 aromatic carbocycles. The quantitative estimate of drug-likeness (QED) is 0.651. The third-order valence-electron chi connectivity index (χ3n) is 4.22. The highest BCUT2D eigenvalue weighted by Crippen LogP contribution is 2.24. The van der Waals surface area contributed by atoms with E-state index in [2.05, 4.69) is 9.97 Å². The SMILES string of the molecule is C[C@@H]1CN(c2nc3ccc([N+](=O)[O-])cc3[nH]2)CCN1C(=O)OC(C)(C)C. The maximum Gasteiger partial charge on any atom is 0.410 e. The summed E-state index contributed by atoms with van der Waals surface area (Å²) in [6, 6.07) is 4.51. The number of non-ortho nitro benzene ring substituents is 1. The number of nitrogens with zero attached hydrogens (tertiary/aromatic N) is 4. The van der Waals surface area contributed by atoms with E-state index in [0.29, 0.717) is 36.6 Å². The first-order valence-electron chi connectivity index (χ1n) is 8.53. The number of H-pyrrole nitrogens is 1. The molecule has 3 rings (SSSR count). The normalized spacial score (nSPS) is 18.2. The van der Waals surface area contributed by atoms with Crippen LogP contribution in [0.4, 0.5) is 16.4 Å². The Kier molecular flexibility index (Phi) is 4.47. The number of hydrogen-bond donors (Lipinski definition) is 1. The molecular weight excluding hydrogens is 338 g/mol. The van der Waals surface area contributed by atoms with E-state index < -0.39 is 10.5 Å². The van der Waals surface area contributed by atoms with E-state index in [4.69, 9.17) is 4.74 Å². The van der Waals surface area contributed by atoms with Crippen LogP contribution >= 0.6 is 0 Å². The maximum atomic E-state index is 12.3. The number of ether oxygens (including phenoxy) is 1. The molecule has 0 unspecified atom stereocenters. The Morgan fingerprint density at radius 1 is 1.38 bits per heavy atom. The molecular formula is C17H23N5O4. The Bertz CT molecular complexity index is 841. The van der Waals surface area contributed by atoms with Crippen LogP contribution in [-0.2, 0) is 4.74 Å². The molecule has 9 heteroatoms. The average molecular weight is 361 g/mol. The fourth-order valence-electron chi connectivity index (χ4n) is 2.99. The topological polar surface area (TPSA) is 105 Å². The summed E-state index contributed by atoms with van der Waals surface area (Å²) < 4.78 is 5.45. The molecule has 0 radical (unpaired) electrons. The van der Waals surface area contributed by atoms with Crippen LogP contribution in [0, 0.1) is 10.1 Å². The van der Waals surface area contributed by atoms with Gasteiger partial charge in [-0.3, -0.25) is 10.1 Å². The fourth-order valence-corrected chi connectivity index (χ4v) is 2.99. The molecule has 9 nitrogen and oxygen atoms in total. The van der Waals surface area contributed by atoms with E-state index >= 15 is 0 Å². The van der Waals surface area contributed by atoms with Gasteiger partial charge in [-0.05, 0) is 33.8 Å². The van der Waals surface area contributed by atoms with Crippen LogP contribution < -0.4 is 4.90 Å². The van der Waals surface area contributed by atoms with Gasteiger partial charge in [0, 0.05) is 37.8 Å². The second-order valence-electron chi connectivity index (χ2n) is 7.49. The predicted molar refractivity (Wildman–Crippen MR) is 97.4 cm³/mol. The summed E-state index contributed by atoms with van der Waals surface area (Å²) in [7, 11) is 0. The Balaban J connectivity index is 1.73. The molecule has 1 saturated heterocycles. The number of rotatable bonds is 2. The minimum absolute atomic E-state index is 0.0239. The number of imidazole rings is 1. The zero-order valence-corrected chi connectivity index (χ0v) is 15.4. The van der Waals surface area contributed by atoms with Crippen molar-refractivity contribution in [3.05, 3.63) is 28.3 Å². The van der Waals surface area contributed by atoms with Crippen LogP contribution in [-0.4, -0.2) is 57.2 Å². The van der Waals surface area contributed by atoms with E-state index in [1.807, 2.05) is 32.6 Å². The van der Waals surface area contributed by atoms with Gasteiger partial charge in [0.1, 0.15) is 5.60 Å². The number of benzene rings is 1. The van der Waals surface area contributed by atoms with Crippen molar-refractivity contribution in [2.75, 3.05) is 24.5 Å². The van der Waals surface area contributed by atoms with Crippen molar-refractivity contribution in [3.63, 3.8) is 0 Å². The number of amides is 1. The summed E-state index contributed by atoms with van der Waals surface area (Å²) in [5.41, 5.74) is 0.793. The number of anilines is 1. The van der Waals surface area contributed by atoms with E-state index in [0.717, 1.165) is 0 Å². The number of hydrogen-bond acceptors (Lipinski definition) is 6. The second-order valence-corrected chi connectivity index (χ2v) is 7.49. The molecule has 2 heterocycles. The molecule has 1 aromatic heterocycles. The van der Waals surface area contributed by atoms with Crippen molar-refractivity contribution in [1.82, 2.24) is 14.9 Å². The Morgan fingerprint density at radius 3 is 2.73 bits per heavy atom. The molecule has 26 heavy (non-hydrogen) atoms. The first-order chi connectivity index (χ1) is 12.1. The first-order valence-corrected chi connectivity index (χ1v) is 8.53. The minimum atomic E-state index is -0.526. The lowest BCUT2D eigenvalue weighted by atomic mass is 10.2. The summed E-state index contributed by atoms with van der Waals surface area (Å²) in [5.74, 6) is 0.649. The highest BCUT2D eigenvalue weighted by Gasteiger charge is 2.31. The van der Waals surface area contributed by atoms with E-state index in [9.17, 15) is 14.9 Å². The van der Waals surface area contributed by atoms with Gasteiger partial charge >= 0.3 is 6.09 Å². The lowest BCUT2D eigenvalue weighted by molar-refractivity contribution is -0.384. The molecule has 2 aromatic rings. The van der Waals surface area contributed by atoms with Crippen LogP contribution in [0.5, 0.6) is 0 Å². The van der Waals surface area contributed by atoms with Gasteiger partial charge < -0.3 is 19.5 Å². The number of piperazine rings is 1. The van der Waals surface area contributed by atoms with Crippen LogP contribution in [0.2, 0.25) is 0 Å². The van der Waals surface area contributed by atoms with Crippen molar-refractivity contribution in [2.45, 2.75) is 39.3 Å². The van der Waals surface area contributed by atoms with Crippen LogP contribution in [0.1, 0.15) is 27.7 Å². The van der Waals surface area contributed by atoms with Crippen molar-refractivity contribution in [3.8, 4) is 0 Å². The molecule has 1 aliphatic rings. The smallest absolute Gasteiger partial charge is 0.410 e. The van der Waals surface area contributed by atoms with E-state index in [1.165, 1.54) is 12.1 Å². The predicted octanol–water partition coefficient (Wildman–Crippen LogP) is 2.92. The van der Waals surface area contributed by atoms with Gasteiger partial charge in [0.25, 0.3) is 5.69 Å². The fraction of sp³-hybridized carbons (Fsp3) is 0.529. The van der Waals surface area contributed by atoms with Crippen LogP contribution in [0.15, 0.2) is 18.2 Å². The third-order valence-corrected chi connectivity index (χ3v) is 4.22. The van der Waals surface area contributed by atoms with Gasteiger partial charge in [0.05, 0.1) is 16.0 Å². The summed E-state index contributed by atoms with van der Waals surface area (Å²) >= 11 is 0. The van der Waals surface area contributed by atoms with Gasteiger partial charge in [-0.2, -0.15) is 0 Å². The monoisotopic (exact) mass is 361 g/mol. The molecule has 1 amide bonds. The molecule has 0 bridgehead atoms. The largest absolute Gasteiger partial charge is 0.444 e. The summed E-state index contributed by atoms with van der Waals surface area (Å²) in [6.45, 7) is 9.22.